The summed E-state index contributed by atoms with van der Waals surface area (Å²) in [5.74, 6) is 0.239. The van der Waals surface area contributed by atoms with Crippen molar-refractivity contribution in [3.8, 4) is 0 Å². The summed E-state index contributed by atoms with van der Waals surface area (Å²) in [6.07, 6.45) is 1.48. The van der Waals surface area contributed by atoms with Gasteiger partial charge in [0.05, 0.1) is 17.8 Å². The molecular weight excluding hydrogens is 218 g/mol. The molecule has 1 N–H and O–H groups in total. The van der Waals surface area contributed by atoms with Gasteiger partial charge in [-0.15, -0.1) is 0 Å². The highest BCUT2D eigenvalue weighted by Crippen LogP contribution is 2.03. The van der Waals surface area contributed by atoms with Crippen molar-refractivity contribution in [2.75, 3.05) is 6.54 Å². The molecule has 0 unspecified atom stereocenters. The van der Waals surface area contributed by atoms with Gasteiger partial charge in [0, 0.05) is 12.1 Å². The predicted octanol–water partition coefficient (Wildman–Crippen LogP) is 1.05. The van der Waals surface area contributed by atoms with Gasteiger partial charge in [0.25, 0.3) is 5.91 Å². The molecule has 1 rings (SSSR count). The first-order valence-electron chi connectivity index (χ1n) is 5.53. The number of nitrogens with one attached hydrogen (secondary N) is 1. The number of aryl methyl sites for hydroxylation is 2. The van der Waals surface area contributed by atoms with E-state index in [1.165, 1.54) is 6.20 Å². The Morgan fingerprint density at radius 1 is 1.35 bits per heavy atom. The Morgan fingerprint density at radius 2 is 2.00 bits per heavy atom. The summed E-state index contributed by atoms with van der Waals surface area (Å²) < 4.78 is 0. The van der Waals surface area contributed by atoms with Crippen LogP contribution in [0.5, 0.6) is 0 Å². The topological polar surface area (TPSA) is 72.0 Å². The van der Waals surface area contributed by atoms with Crippen LogP contribution in [0, 0.1) is 19.8 Å². The molecule has 0 atom stereocenters. The largest absolute Gasteiger partial charge is 0.345 e. The molecule has 0 aliphatic heterocycles. The molecule has 0 radical (unpaired) electrons. The lowest BCUT2D eigenvalue weighted by Crippen LogP contribution is -2.32. The molecule has 0 aliphatic carbocycles. The molecule has 0 saturated heterocycles. The van der Waals surface area contributed by atoms with Gasteiger partial charge < -0.3 is 5.32 Å². The number of Topliss-reactive ketones (excluding diaryl/α,β-unsaturated/α-hetero) is 1. The minimum absolute atomic E-state index is 0.00373. The predicted molar refractivity (Wildman–Crippen MR) is 63.7 cm³/mol. The van der Waals surface area contributed by atoms with Gasteiger partial charge in [-0.2, -0.15) is 0 Å². The maximum atomic E-state index is 11.8. The van der Waals surface area contributed by atoms with Crippen molar-refractivity contribution in [1.82, 2.24) is 15.3 Å². The fourth-order valence-corrected chi connectivity index (χ4v) is 1.27. The molecule has 0 aliphatic rings. The monoisotopic (exact) mass is 235 g/mol. The zero-order valence-corrected chi connectivity index (χ0v) is 10.6. The summed E-state index contributed by atoms with van der Waals surface area (Å²) in [4.78, 5) is 31.2. The third kappa shape index (κ3) is 3.62. The van der Waals surface area contributed by atoms with Crippen molar-refractivity contribution in [3.63, 3.8) is 0 Å². The first-order chi connectivity index (χ1) is 7.91. The molecule has 5 nitrogen and oxygen atoms in total. The van der Waals surface area contributed by atoms with Gasteiger partial charge in [-0.25, -0.2) is 9.97 Å². The van der Waals surface area contributed by atoms with Crippen molar-refractivity contribution in [3.05, 3.63) is 23.3 Å². The van der Waals surface area contributed by atoms with E-state index < -0.39 is 0 Å². The normalized spacial score (nSPS) is 10.4. The van der Waals surface area contributed by atoms with E-state index in [4.69, 9.17) is 0 Å². The van der Waals surface area contributed by atoms with Crippen LogP contribution >= 0.6 is 0 Å². The Morgan fingerprint density at radius 3 is 2.53 bits per heavy atom. The second kappa shape index (κ2) is 5.52. The van der Waals surface area contributed by atoms with Crippen LogP contribution in [0.1, 0.15) is 35.7 Å². The van der Waals surface area contributed by atoms with Crippen LogP contribution in [0.15, 0.2) is 6.20 Å². The van der Waals surface area contributed by atoms with E-state index in [1.54, 1.807) is 27.7 Å². The van der Waals surface area contributed by atoms with E-state index in [1.807, 2.05) is 0 Å². The number of carbonyl (C=O) groups is 2. The summed E-state index contributed by atoms with van der Waals surface area (Å²) >= 11 is 0. The van der Waals surface area contributed by atoms with E-state index in [2.05, 4.69) is 15.3 Å². The smallest absolute Gasteiger partial charge is 0.255 e. The van der Waals surface area contributed by atoms with Gasteiger partial charge in [-0.3, -0.25) is 9.59 Å². The molecule has 0 spiro atoms. The van der Waals surface area contributed by atoms with Gasteiger partial charge in [-0.05, 0) is 13.8 Å². The number of nitrogens with zero attached hydrogens (tertiary/aromatic N) is 2. The lowest BCUT2D eigenvalue weighted by molar-refractivity contribution is -0.120. The lowest BCUT2D eigenvalue weighted by atomic mass is 10.1. The van der Waals surface area contributed by atoms with Crippen LogP contribution in [-0.2, 0) is 4.79 Å². The molecule has 0 bridgehead atoms. The molecular formula is C12H17N3O2. The van der Waals surface area contributed by atoms with Crippen LogP contribution in [0.3, 0.4) is 0 Å². The highest BCUT2D eigenvalue weighted by molar-refractivity contribution is 5.97. The third-order valence-corrected chi connectivity index (χ3v) is 2.41. The SMILES string of the molecule is Cc1ncc(C(=O)NCC(=O)C(C)C)c(C)n1. The van der Waals surface area contributed by atoms with Gasteiger partial charge in [0.1, 0.15) is 5.82 Å². The van der Waals surface area contributed by atoms with Crippen molar-refractivity contribution in [2.45, 2.75) is 27.7 Å². The summed E-state index contributed by atoms with van der Waals surface area (Å²) in [5, 5.41) is 2.57. The van der Waals surface area contributed by atoms with E-state index in [9.17, 15) is 9.59 Å². The zero-order chi connectivity index (χ0) is 13.0. The number of amides is 1. The van der Waals surface area contributed by atoms with Crippen LogP contribution < -0.4 is 5.32 Å². The highest BCUT2D eigenvalue weighted by atomic mass is 16.2. The molecule has 17 heavy (non-hydrogen) atoms. The summed E-state index contributed by atoms with van der Waals surface area (Å²) in [5.41, 5.74) is 1.03. The summed E-state index contributed by atoms with van der Waals surface area (Å²) in [6.45, 7) is 7.15. The van der Waals surface area contributed by atoms with Gasteiger partial charge in [0.2, 0.25) is 0 Å². The minimum Gasteiger partial charge on any atom is -0.345 e. The highest BCUT2D eigenvalue weighted by Gasteiger charge is 2.13. The zero-order valence-electron chi connectivity index (χ0n) is 10.6. The quantitative estimate of drug-likeness (QED) is 0.846. The van der Waals surface area contributed by atoms with Crippen molar-refractivity contribution >= 4 is 11.7 Å². The molecule has 1 aromatic rings. The molecule has 0 aromatic carbocycles. The van der Waals surface area contributed by atoms with Gasteiger partial charge in [-0.1, -0.05) is 13.8 Å². The average Bonchev–Trinajstić information content (AvgIpc) is 2.25. The van der Waals surface area contributed by atoms with Crippen molar-refractivity contribution < 1.29 is 9.59 Å². The molecule has 92 valence electrons. The average molecular weight is 235 g/mol. The summed E-state index contributed by atoms with van der Waals surface area (Å²) in [7, 11) is 0. The molecule has 0 fully saturated rings. The first kappa shape index (κ1) is 13.3. The van der Waals surface area contributed by atoms with E-state index in [-0.39, 0.29) is 24.2 Å². The molecule has 1 aromatic heterocycles. The molecule has 1 heterocycles. The fourth-order valence-electron chi connectivity index (χ4n) is 1.27. The van der Waals surface area contributed by atoms with Crippen LogP contribution in [0.4, 0.5) is 0 Å². The maximum Gasteiger partial charge on any atom is 0.255 e. The number of aromatic nitrogens is 2. The lowest BCUT2D eigenvalue weighted by Gasteiger charge is -2.08. The Kier molecular flexibility index (Phi) is 4.31. The van der Waals surface area contributed by atoms with E-state index in [0.29, 0.717) is 17.1 Å². The Hall–Kier alpha value is -1.78. The number of hydrogen-bond donors (Lipinski definition) is 1. The minimum atomic E-state index is -0.309. The Balaban J connectivity index is 2.68. The second-order valence-corrected chi connectivity index (χ2v) is 4.22. The fraction of sp³-hybridized carbons (Fsp3) is 0.500. The maximum absolute atomic E-state index is 11.8. The standard InChI is InChI=1S/C12H17N3O2/c1-7(2)11(16)6-14-12(17)10-5-13-9(4)15-8(10)3/h5,7H,6H2,1-4H3,(H,14,17). The van der Waals surface area contributed by atoms with E-state index in [0.717, 1.165) is 0 Å². The van der Waals surface area contributed by atoms with Gasteiger partial charge >= 0.3 is 0 Å². The molecule has 5 heteroatoms. The van der Waals surface area contributed by atoms with Crippen LogP contribution in [-0.4, -0.2) is 28.2 Å². The van der Waals surface area contributed by atoms with E-state index >= 15 is 0 Å². The second-order valence-electron chi connectivity index (χ2n) is 4.22. The number of carbonyl (C=O) groups excluding carboxylic acids is 2. The molecule has 0 saturated carbocycles. The van der Waals surface area contributed by atoms with Crippen LogP contribution in [0.2, 0.25) is 0 Å². The first-order valence-corrected chi connectivity index (χ1v) is 5.53. The summed E-state index contributed by atoms with van der Waals surface area (Å²) in [6, 6.07) is 0. The van der Waals surface area contributed by atoms with Crippen LogP contribution in [0.25, 0.3) is 0 Å². The third-order valence-electron chi connectivity index (χ3n) is 2.41. The number of rotatable bonds is 4. The Bertz CT molecular complexity index is 441. The number of hydrogen-bond acceptors (Lipinski definition) is 4. The van der Waals surface area contributed by atoms with Crippen molar-refractivity contribution in [2.24, 2.45) is 5.92 Å². The van der Waals surface area contributed by atoms with Gasteiger partial charge in [0.15, 0.2) is 5.78 Å². The Labute approximate surface area is 101 Å². The van der Waals surface area contributed by atoms with Crippen molar-refractivity contribution in [1.29, 1.82) is 0 Å². The molecule has 1 amide bonds. The number of ketones is 1.